The molecule has 1 aromatic heterocycles. The van der Waals surface area contributed by atoms with Gasteiger partial charge in [-0.1, -0.05) is 13.3 Å². The summed E-state index contributed by atoms with van der Waals surface area (Å²) >= 11 is 0. The van der Waals surface area contributed by atoms with Crippen LogP contribution < -0.4 is 0 Å². The minimum Gasteiger partial charge on any atom is -0.459 e. The Morgan fingerprint density at radius 3 is 2.41 bits per heavy atom. The van der Waals surface area contributed by atoms with E-state index in [1.54, 1.807) is 19.4 Å². The van der Waals surface area contributed by atoms with Crippen molar-refractivity contribution in [3.05, 3.63) is 18.7 Å². The normalized spacial score (nSPS) is 10.4. The lowest BCUT2D eigenvalue weighted by atomic mass is 10.4. The van der Waals surface area contributed by atoms with Gasteiger partial charge in [-0.25, -0.2) is 9.78 Å². The van der Waals surface area contributed by atoms with E-state index in [2.05, 4.69) is 9.72 Å². The lowest BCUT2D eigenvalue weighted by Gasteiger charge is -2.05. The molecule has 0 saturated heterocycles. The van der Waals surface area contributed by atoms with Gasteiger partial charge in [-0.2, -0.15) is 13.2 Å². The van der Waals surface area contributed by atoms with E-state index >= 15 is 0 Å². The lowest BCUT2D eigenvalue weighted by Crippen LogP contribution is -2.25. The molecular weight excluding hydrogens is 237 g/mol. The van der Waals surface area contributed by atoms with Crippen molar-refractivity contribution in [1.82, 2.24) is 9.55 Å². The van der Waals surface area contributed by atoms with Crippen LogP contribution in [0.5, 0.6) is 0 Å². The first-order valence-corrected chi connectivity index (χ1v) is 5.03. The van der Waals surface area contributed by atoms with E-state index in [0.29, 0.717) is 12.8 Å². The minimum atomic E-state index is -4.85. The predicted octanol–water partition coefficient (Wildman–Crippen LogP) is 2.31. The number of aromatic nitrogens is 2. The fourth-order valence-corrected chi connectivity index (χ4v) is 0.717. The van der Waals surface area contributed by atoms with Crippen LogP contribution in [0.4, 0.5) is 13.2 Å². The summed E-state index contributed by atoms with van der Waals surface area (Å²) in [6.07, 6.45) is 1.70. The summed E-state index contributed by atoms with van der Waals surface area (Å²) in [5.74, 6) is -2.11. The van der Waals surface area contributed by atoms with E-state index < -0.39 is 12.1 Å². The molecule has 0 aliphatic carbocycles. The molecular formula is C10H15F3N2O2. The summed E-state index contributed by atoms with van der Waals surface area (Å²) in [5, 5.41) is 0. The maximum absolute atomic E-state index is 11.4. The first kappa shape index (κ1) is 15.5. The Kier molecular flexibility index (Phi) is 7.00. The highest BCUT2D eigenvalue weighted by Gasteiger charge is 2.40. The molecule has 1 rings (SSSR count). The van der Waals surface area contributed by atoms with Crippen LogP contribution in [-0.4, -0.2) is 28.3 Å². The highest BCUT2D eigenvalue weighted by Crippen LogP contribution is 2.16. The molecule has 98 valence electrons. The SMILES string of the molecule is CCCCOC(=O)C(F)(F)F.Cn1ccnc1. The number of hydrogen-bond acceptors (Lipinski definition) is 3. The van der Waals surface area contributed by atoms with Crippen molar-refractivity contribution >= 4 is 5.97 Å². The van der Waals surface area contributed by atoms with E-state index in [1.807, 2.05) is 17.8 Å². The number of aryl methyl sites for hydroxylation is 1. The Bertz CT molecular complexity index is 310. The quantitative estimate of drug-likeness (QED) is 0.612. The molecule has 0 saturated carbocycles. The molecule has 0 bridgehead atoms. The van der Waals surface area contributed by atoms with E-state index in [-0.39, 0.29) is 6.61 Å². The van der Waals surface area contributed by atoms with E-state index in [9.17, 15) is 18.0 Å². The largest absolute Gasteiger partial charge is 0.490 e. The topological polar surface area (TPSA) is 44.1 Å². The van der Waals surface area contributed by atoms with Gasteiger partial charge < -0.3 is 9.30 Å². The van der Waals surface area contributed by atoms with Crippen LogP contribution in [0.3, 0.4) is 0 Å². The smallest absolute Gasteiger partial charge is 0.459 e. The number of hydrogen-bond donors (Lipinski definition) is 0. The number of rotatable bonds is 3. The predicted molar refractivity (Wildman–Crippen MR) is 55.1 cm³/mol. The standard InChI is InChI=1S/C6H9F3O2.C4H6N2/c1-2-3-4-11-5(10)6(7,8)9;1-6-3-2-5-4-6/h2-4H2,1H3;2-4H,1H3. The van der Waals surface area contributed by atoms with Crippen molar-refractivity contribution in [2.24, 2.45) is 7.05 Å². The van der Waals surface area contributed by atoms with Gasteiger partial charge in [0.25, 0.3) is 0 Å². The molecule has 1 heterocycles. The monoisotopic (exact) mass is 252 g/mol. The number of alkyl halides is 3. The summed E-state index contributed by atoms with van der Waals surface area (Å²) < 4.78 is 40.0. The van der Waals surface area contributed by atoms with Crippen LogP contribution in [0.25, 0.3) is 0 Å². The Labute approximate surface area is 97.4 Å². The zero-order chi connectivity index (χ0) is 13.3. The lowest BCUT2D eigenvalue weighted by molar-refractivity contribution is -0.199. The molecule has 7 heteroatoms. The Morgan fingerprint density at radius 1 is 1.47 bits per heavy atom. The number of ether oxygens (including phenoxy) is 1. The average molecular weight is 252 g/mol. The van der Waals surface area contributed by atoms with Crippen LogP contribution >= 0.6 is 0 Å². The molecule has 0 fully saturated rings. The molecule has 0 aliphatic rings. The van der Waals surface area contributed by atoms with Crippen molar-refractivity contribution in [2.45, 2.75) is 25.9 Å². The molecule has 0 radical (unpaired) electrons. The van der Waals surface area contributed by atoms with Crippen molar-refractivity contribution in [1.29, 1.82) is 0 Å². The molecule has 0 aromatic carbocycles. The molecule has 0 unspecified atom stereocenters. The fraction of sp³-hybridized carbons (Fsp3) is 0.600. The van der Waals surface area contributed by atoms with Crippen molar-refractivity contribution in [3.8, 4) is 0 Å². The van der Waals surface area contributed by atoms with Crippen LogP contribution in [0.15, 0.2) is 18.7 Å². The van der Waals surface area contributed by atoms with Crippen LogP contribution in [-0.2, 0) is 16.6 Å². The first-order chi connectivity index (χ1) is 7.88. The summed E-state index contributed by atoms with van der Waals surface area (Å²) in [5.41, 5.74) is 0. The van der Waals surface area contributed by atoms with Gasteiger partial charge in [-0.3, -0.25) is 0 Å². The van der Waals surface area contributed by atoms with Gasteiger partial charge in [-0.05, 0) is 6.42 Å². The number of nitrogens with zero attached hydrogens (tertiary/aromatic N) is 2. The van der Waals surface area contributed by atoms with Crippen molar-refractivity contribution in [2.75, 3.05) is 6.61 Å². The van der Waals surface area contributed by atoms with E-state index in [0.717, 1.165) is 0 Å². The number of carbonyl (C=O) groups is 1. The maximum atomic E-state index is 11.4. The third kappa shape index (κ3) is 8.29. The summed E-state index contributed by atoms with van der Waals surface area (Å²) in [7, 11) is 1.94. The van der Waals surface area contributed by atoms with Crippen LogP contribution in [0.2, 0.25) is 0 Å². The minimum absolute atomic E-state index is 0.158. The zero-order valence-electron chi connectivity index (χ0n) is 9.70. The zero-order valence-corrected chi connectivity index (χ0v) is 9.70. The number of halogens is 3. The van der Waals surface area contributed by atoms with Crippen molar-refractivity contribution in [3.63, 3.8) is 0 Å². The Balaban J connectivity index is 0.000000354. The van der Waals surface area contributed by atoms with Gasteiger partial charge in [0.2, 0.25) is 0 Å². The molecule has 17 heavy (non-hydrogen) atoms. The number of imidazole rings is 1. The highest BCUT2D eigenvalue weighted by atomic mass is 19.4. The van der Waals surface area contributed by atoms with Crippen LogP contribution in [0, 0.1) is 0 Å². The number of unbranched alkanes of at least 4 members (excludes halogenated alkanes) is 1. The summed E-state index contributed by atoms with van der Waals surface area (Å²) in [6, 6.07) is 0. The van der Waals surface area contributed by atoms with E-state index in [1.165, 1.54) is 0 Å². The van der Waals surface area contributed by atoms with Crippen LogP contribution in [0.1, 0.15) is 19.8 Å². The number of esters is 1. The van der Waals surface area contributed by atoms with Crippen molar-refractivity contribution < 1.29 is 22.7 Å². The second-order valence-electron chi connectivity index (χ2n) is 3.22. The third-order valence-corrected chi connectivity index (χ3v) is 1.60. The number of carbonyl (C=O) groups excluding carboxylic acids is 1. The Morgan fingerprint density at radius 2 is 2.12 bits per heavy atom. The van der Waals surface area contributed by atoms with Gasteiger partial charge in [0, 0.05) is 19.4 Å². The fourth-order valence-electron chi connectivity index (χ4n) is 0.717. The van der Waals surface area contributed by atoms with Gasteiger partial charge in [0.05, 0.1) is 12.9 Å². The maximum Gasteiger partial charge on any atom is 0.490 e. The van der Waals surface area contributed by atoms with E-state index in [4.69, 9.17) is 0 Å². The Hall–Kier alpha value is -1.53. The third-order valence-electron chi connectivity index (χ3n) is 1.60. The van der Waals surface area contributed by atoms with Gasteiger partial charge in [0.1, 0.15) is 0 Å². The molecule has 0 spiro atoms. The molecule has 0 aliphatic heterocycles. The van der Waals surface area contributed by atoms with Gasteiger partial charge >= 0.3 is 12.1 Å². The summed E-state index contributed by atoms with van der Waals surface area (Å²) in [6.45, 7) is 1.64. The summed E-state index contributed by atoms with van der Waals surface area (Å²) in [4.78, 5) is 13.8. The molecule has 0 atom stereocenters. The van der Waals surface area contributed by atoms with Gasteiger partial charge in [-0.15, -0.1) is 0 Å². The first-order valence-electron chi connectivity index (χ1n) is 5.03. The van der Waals surface area contributed by atoms with Gasteiger partial charge in [0.15, 0.2) is 0 Å². The highest BCUT2D eigenvalue weighted by molar-refractivity contribution is 5.75. The second kappa shape index (κ2) is 7.70. The second-order valence-corrected chi connectivity index (χ2v) is 3.22. The molecule has 0 N–H and O–H groups in total. The molecule has 0 amide bonds. The average Bonchev–Trinajstić information content (AvgIpc) is 2.69. The molecule has 1 aromatic rings. The molecule has 4 nitrogen and oxygen atoms in total.